The molecule has 0 N–H and O–H groups in total. The third-order valence-electron chi connectivity index (χ3n) is 3.34. The minimum atomic E-state index is 0.196. The van der Waals surface area contributed by atoms with Crippen molar-refractivity contribution in [2.75, 3.05) is 0 Å². The topological polar surface area (TPSA) is 0 Å². The van der Waals surface area contributed by atoms with E-state index in [0.717, 1.165) is 4.47 Å². The van der Waals surface area contributed by atoms with Crippen LogP contribution in [0, 0.1) is 5.92 Å². The van der Waals surface area contributed by atoms with E-state index in [9.17, 15) is 0 Å². The summed E-state index contributed by atoms with van der Waals surface area (Å²) < 4.78 is 1.13. The molecule has 0 fully saturated rings. The van der Waals surface area contributed by atoms with Crippen molar-refractivity contribution in [2.45, 2.75) is 33.1 Å². The Kier molecular flexibility index (Phi) is 3.77. The van der Waals surface area contributed by atoms with Gasteiger partial charge in [0.15, 0.2) is 0 Å². The summed E-state index contributed by atoms with van der Waals surface area (Å²) in [7, 11) is 0. The van der Waals surface area contributed by atoms with Gasteiger partial charge in [0.2, 0.25) is 0 Å². The standard InChI is InChI=1S/C14H19Br/c1-6-11-7-12(9-13(15)8-11)14(4,5)10(2)3/h6-10H,1H2,2-5H3. The summed E-state index contributed by atoms with van der Waals surface area (Å²) in [4.78, 5) is 0. The molecule has 0 aliphatic carbocycles. The Labute approximate surface area is 102 Å². The molecule has 0 amide bonds. The Balaban J connectivity index is 3.25. The summed E-state index contributed by atoms with van der Waals surface area (Å²) in [5.41, 5.74) is 2.73. The molecule has 0 nitrogen and oxygen atoms in total. The Morgan fingerprint density at radius 3 is 2.33 bits per heavy atom. The van der Waals surface area contributed by atoms with Gasteiger partial charge >= 0.3 is 0 Å². The maximum absolute atomic E-state index is 3.82. The van der Waals surface area contributed by atoms with Gasteiger partial charge < -0.3 is 0 Å². The SMILES string of the molecule is C=Cc1cc(Br)cc(C(C)(C)C(C)C)c1. The molecule has 0 unspecified atom stereocenters. The van der Waals surface area contributed by atoms with Crippen molar-refractivity contribution in [3.8, 4) is 0 Å². The van der Waals surface area contributed by atoms with Gasteiger partial charge in [0.1, 0.15) is 0 Å². The van der Waals surface area contributed by atoms with Crippen LogP contribution in [-0.2, 0) is 5.41 Å². The zero-order valence-corrected chi connectivity index (χ0v) is 11.6. The summed E-state index contributed by atoms with van der Waals surface area (Å²) in [5.74, 6) is 0.615. The predicted molar refractivity (Wildman–Crippen MR) is 72.1 cm³/mol. The van der Waals surface area contributed by atoms with Gasteiger partial charge in [0.25, 0.3) is 0 Å². The van der Waals surface area contributed by atoms with Crippen molar-refractivity contribution < 1.29 is 0 Å². The van der Waals surface area contributed by atoms with Gasteiger partial charge in [-0.1, -0.05) is 62.3 Å². The van der Waals surface area contributed by atoms with E-state index in [1.54, 1.807) is 0 Å². The van der Waals surface area contributed by atoms with Crippen LogP contribution in [0.2, 0.25) is 0 Å². The molecule has 0 aliphatic rings. The van der Waals surface area contributed by atoms with Crippen LogP contribution >= 0.6 is 15.9 Å². The van der Waals surface area contributed by atoms with Crippen LogP contribution in [0.4, 0.5) is 0 Å². The molecule has 15 heavy (non-hydrogen) atoms. The Bertz CT molecular complexity index is 362. The second kappa shape index (κ2) is 4.52. The van der Waals surface area contributed by atoms with E-state index in [1.807, 2.05) is 6.08 Å². The van der Waals surface area contributed by atoms with Crippen LogP contribution in [0.3, 0.4) is 0 Å². The molecule has 0 heterocycles. The minimum absolute atomic E-state index is 0.196. The van der Waals surface area contributed by atoms with Gasteiger partial charge in [-0.2, -0.15) is 0 Å². The summed E-state index contributed by atoms with van der Waals surface area (Å²) in [6, 6.07) is 6.51. The molecule has 0 aromatic heterocycles. The van der Waals surface area contributed by atoms with E-state index in [2.05, 4.69) is 68.4 Å². The van der Waals surface area contributed by atoms with Gasteiger partial charge in [-0.25, -0.2) is 0 Å². The monoisotopic (exact) mass is 266 g/mol. The maximum Gasteiger partial charge on any atom is 0.0184 e. The number of halogens is 1. The third kappa shape index (κ3) is 2.72. The first-order valence-corrected chi connectivity index (χ1v) is 6.10. The highest BCUT2D eigenvalue weighted by Crippen LogP contribution is 2.33. The quantitative estimate of drug-likeness (QED) is 0.720. The Hall–Kier alpha value is -0.560. The van der Waals surface area contributed by atoms with Crippen molar-refractivity contribution in [1.82, 2.24) is 0 Å². The van der Waals surface area contributed by atoms with Gasteiger partial charge in [-0.05, 0) is 34.6 Å². The lowest BCUT2D eigenvalue weighted by molar-refractivity contribution is 0.372. The fourth-order valence-corrected chi connectivity index (χ4v) is 1.95. The number of benzene rings is 1. The minimum Gasteiger partial charge on any atom is -0.0985 e. The summed E-state index contributed by atoms with van der Waals surface area (Å²) >= 11 is 3.55. The third-order valence-corrected chi connectivity index (χ3v) is 3.80. The maximum atomic E-state index is 3.82. The average molecular weight is 267 g/mol. The molecule has 0 saturated carbocycles. The molecule has 0 spiro atoms. The van der Waals surface area contributed by atoms with Crippen molar-refractivity contribution in [1.29, 1.82) is 0 Å². The molecule has 1 aromatic rings. The van der Waals surface area contributed by atoms with Crippen LogP contribution in [0.5, 0.6) is 0 Å². The molecule has 0 atom stereocenters. The second-order valence-electron chi connectivity index (χ2n) is 4.85. The number of hydrogen-bond acceptors (Lipinski definition) is 0. The highest BCUT2D eigenvalue weighted by atomic mass is 79.9. The van der Waals surface area contributed by atoms with Crippen LogP contribution < -0.4 is 0 Å². The van der Waals surface area contributed by atoms with Gasteiger partial charge in [0, 0.05) is 4.47 Å². The first-order chi connectivity index (χ1) is 6.87. The lowest BCUT2D eigenvalue weighted by Crippen LogP contribution is -2.24. The summed E-state index contributed by atoms with van der Waals surface area (Å²) in [5, 5.41) is 0. The zero-order valence-electron chi connectivity index (χ0n) is 9.97. The Morgan fingerprint density at radius 2 is 1.87 bits per heavy atom. The van der Waals surface area contributed by atoms with E-state index in [-0.39, 0.29) is 5.41 Å². The lowest BCUT2D eigenvalue weighted by Gasteiger charge is -2.30. The van der Waals surface area contributed by atoms with E-state index in [0.29, 0.717) is 5.92 Å². The largest absolute Gasteiger partial charge is 0.0985 e. The van der Waals surface area contributed by atoms with Gasteiger partial charge in [-0.15, -0.1) is 0 Å². The molecular formula is C14H19Br. The van der Waals surface area contributed by atoms with Crippen molar-refractivity contribution in [2.24, 2.45) is 5.92 Å². The van der Waals surface area contributed by atoms with Crippen LogP contribution in [-0.4, -0.2) is 0 Å². The first kappa shape index (κ1) is 12.5. The first-order valence-electron chi connectivity index (χ1n) is 5.31. The average Bonchev–Trinajstić information content (AvgIpc) is 2.16. The highest BCUT2D eigenvalue weighted by Gasteiger charge is 2.24. The number of hydrogen-bond donors (Lipinski definition) is 0. The van der Waals surface area contributed by atoms with Crippen molar-refractivity contribution >= 4 is 22.0 Å². The molecule has 1 aromatic carbocycles. The zero-order chi connectivity index (χ0) is 11.6. The van der Waals surface area contributed by atoms with E-state index < -0.39 is 0 Å². The van der Waals surface area contributed by atoms with Crippen LogP contribution in [0.25, 0.3) is 6.08 Å². The molecule has 0 aliphatic heterocycles. The molecule has 1 heteroatoms. The lowest BCUT2D eigenvalue weighted by atomic mass is 9.75. The second-order valence-corrected chi connectivity index (χ2v) is 5.77. The molecule has 0 bridgehead atoms. The summed E-state index contributed by atoms with van der Waals surface area (Å²) in [6.45, 7) is 12.9. The van der Waals surface area contributed by atoms with E-state index >= 15 is 0 Å². The smallest absolute Gasteiger partial charge is 0.0184 e. The van der Waals surface area contributed by atoms with Crippen molar-refractivity contribution in [3.05, 3.63) is 40.4 Å². The molecule has 0 radical (unpaired) electrons. The van der Waals surface area contributed by atoms with Crippen LogP contribution in [0.1, 0.15) is 38.8 Å². The fourth-order valence-electron chi connectivity index (χ4n) is 1.44. The Morgan fingerprint density at radius 1 is 1.27 bits per heavy atom. The fraction of sp³-hybridized carbons (Fsp3) is 0.429. The van der Waals surface area contributed by atoms with E-state index in [4.69, 9.17) is 0 Å². The van der Waals surface area contributed by atoms with Crippen LogP contribution in [0.15, 0.2) is 29.3 Å². The molecular weight excluding hydrogens is 248 g/mol. The normalized spacial score (nSPS) is 11.9. The molecule has 1 rings (SSSR count). The molecule has 82 valence electrons. The highest BCUT2D eigenvalue weighted by molar-refractivity contribution is 9.10. The van der Waals surface area contributed by atoms with Gasteiger partial charge in [-0.3, -0.25) is 0 Å². The van der Waals surface area contributed by atoms with Gasteiger partial charge in [0.05, 0.1) is 0 Å². The number of rotatable bonds is 3. The molecule has 0 saturated heterocycles. The van der Waals surface area contributed by atoms with E-state index in [1.165, 1.54) is 11.1 Å². The summed E-state index contributed by atoms with van der Waals surface area (Å²) in [6.07, 6.45) is 1.89. The van der Waals surface area contributed by atoms with Crippen molar-refractivity contribution in [3.63, 3.8) is 0 Å². The predicted octanol–water partition coefficient (Wildman–Crippen LogP) is 5.03.